The molecule has 6 heteroatoms. The molecule has 114 valence electrons. The minimum Gasteiger partial charge on any atom is -0.347 e. The summed E-state index contributed by atoms with van der Waals surface area (Å²) in [5, 5.41) is 6.12. The predicted octanol–water partition coefficient (Wildman–Crippen LogP) is 3.15. The molecule has 1 aromatic rings. The highest BCUT2D eigenvalue weighted by Gasteiger charge is 2.43. The number of carbonyl (C=O) groups excluding carboxylic acids is 1. The molecule has 1 saturated heterocycles. The van der Waals surface area contributed by atoms with Gasteiger partial charge in [-0.15, -0.1) is 0 Å². The topological polar surface area (TPSA) is 59.6 Å². The van der Waals surface area contributed by atoms with E-state index in [4.69, 9.17) is 21.1 Å². The van der Waals surface area contributed by atoms with Gasteiger partial charge in [-0.1, -0.05) is 17.7 Å². The van der Waals surface area contributed by atoms with Crippen molar-refractivity contribution in [3.8, 4) is 0 Å². The second kappa shape index (κ2) is 6.22. The average molecular weight is 311 g/mol. The van der Waals surface area contributed by atoms with E-state index in [2.05, 4.69) is 10.6 Å². The van der Waals surface area contributed by atoms with Gasteiger partial charge in [0.2, 0.25) is 0 Å². The number of amides is 2. The second-order valence-electron chi connectivity index (χ2n) is 5.51. The van der Waals surface area contributed by atoms with Crippen molar-refractivity contribution in [2.45, 2.75) is 37.6 Å². The van der Waals surface area contributed by atoms with Crippen LogP contribution in [0.25, 0.3) is 0 Å². The number of hydrogen-bond acceptors (Lipinski definition) is 3. The zero-order chi connectivity index (χ0) is 14.7. The number of halogens is 1. The van der Waals surface area contributed by atoms with Crippen LogP contribution in [-0.2, 0) is 9.47 Å². The largest absolute Gasteiger partial charge is 0.347 e. The highest BCUT2D eigenvalue weighted by Crippen LogP contribution is 2.38. The summed E-state index contributed by atoms with van der Waals surface area (Å²) in [6, 6.07) is 6.76. The fourth-order valence-corrected chi connectivity index (χ4v) is 3.03. The second-order valence-corrected chi connectivity index (χ2v) is 5.95. The number of hydrogen-bond donors (Lipinski definition) is 2. The van der Waals surface area contributed by atoms with Gasteiger partial charge in [0.25, 0.3) is 0 Å². The van der Waals surface area contributed by atoms with Crippen molar-refractivity contribution in [1.82, 2.24) is 5.32 Å². The van der Waals surface area contributed by atoms with Crippen molar-refractivity contribution < 1.29 is 14.3 Å². The van der Waals surface area contributed by atoms with Crippen LogP contribution in [0.5, 0.6) is 0 Å². The Kier molecular flexibility index (Phi) is 4.33. The lowest BCUT2D eigenvalue weighted by atomic mass is 10.2. The molecule has 1 aliphatic heterocycles. The smallest absolute Gasteiger partial charge is 0.319 e. The van der Waals surface area contributed by atoms with Crippen molar-refractivity contribution in [1.29, 1.82) is 0 Å². The van der Waals surface area contributed by atoms with Gasteiger partial charge in [0.15, 0.2) is 5.79 Å². The first-order valence-electron chi connectivity index (χ1n) is 7.27. The number of ether oxygens (including phenoxy) is 2. The summed E-state index contributed by atoms with van der Waals surface area (Å²) >= 11 is 5.87. The van der Waals surface area contributed by atoms with E-state index in [1.54, 1.807) is 24.3 Å². The molecule has 1 aliphatic carbocycles. The van der Waals surface area contributed by atoms with Gasteiger partial charge in [0, 0.05) is 30.1 Å². The third-order valence-corrected chi connectivity index (χ3v) is 4.09. The summed E-state index contributed by atoms with van der Waals surface area (Å²) in [4.78, 5) is 11.8. The Morgan fingerprint density at radius 1 is 1.38 bits per heavy atom. The van der Waals surface area contributed by atoms with E-state index in [0.29, 0.717) is 23.9 Å². The van der Waals surface area contributed by atoms with Crippen molar-refractivity contribution in [3.05, 3.63) is 29.3 Å². The number of anilines is 1. The van der Waals surface area contributed by atoms with Crippen LogP contribution in [0.1, 0.15) is 25.7 Å². The number of carbonyl (C=O) groups is 1. The zero-order valence-electron chi connectivity index (χ0n) is 11.7. The molecule has 2 aliphatic rings. The van der Waals surface area contributed by atoms with Gasteiger partial charge in [-0.3, -0.25) is 0 Å². The molecule has 5 nitrogen and oxygen atoms in total. The van der Waals surface area contributed by atoms with E-state index in [9.17, 15) is 4.79 Å². The Hall–Kier alpha value is -1.30. The quantitative estimate of drug-likeness (QED) is 0.901. The van der Waals surface area contributed by atoms with Crippen molar-refractivity contribution in [2.24, 2.45) is 0 Å². The van der Waals surface area contributed by atoms with Crippen molar-refractivity contribution in [2.75, 3.05) is 18.5 Å². The molecule has 2 N–H and O–H groups in total. The van der Waals surface area contributed by atoms with Gasteiger partial charge >= 0.3 is 6.03 Å². The number of urea groups is 1. The van der Waals surface area contributed by atoms with Gasteiger partial charge in [0.05, 0.1) is 6.61 Å². The lowest BCUT2D eigenvalue weighted by Crippen LogP contribution is -2.37. The summed E-state index contributed by atoms with van der Waals surface area (Å²) in [7, 11) is 0. The summed E-state index contributed by atoms with van der Waals surface area (Å²) in [5.41, 5.74) is 0.663. The predicted molar refractivity (Wildman–Crippen MR) is 80.5 cm³/mol. The van der Waals surface area contributed by atoms with Gasteiger partial charge in [-0.2, -0.15) is 0 Å². The van der Waals surface area contributed by atoms with Crippen LogP contribution < -0.4 is 10.6 Å². The molecule has 0 radical (unpaired) electrons. The Bertz CT molecular complexity index is 517. The maximum atomic E-state index is 11.8. The van der Waals surface area contributed by atoms with E-state index in [0.717, 1.165) is 25.7 Å². The number of nitrogens with one attached hydrogen (secondary N) is 2. The average Bonchev–Trinajstić information content (AvgIpc) is 3.07. The highest BCUT2D eigenvalue weighted by molar-refractivity contribution is 6.30. The first kappa shape index (κ1) is 14.6. The van der Waals surface area contributed by atoms with Crippen LogP contribution >= 0.6 is 11.6 Å². The zero-order valence-corrected chi connectivity index (χ0v) is 12.5. The Labute approximate surface area is 128 Å². The molecule has 0 bridgehead atoms. The fraction of sp³-hybridized carbons (Fsp3) is 0.533. The fourth-order valence-electron chi connectivity index (χ4n) is 2.84. The van der Waals surface area contributed by atoms with E-state index >= 15 is 0 Å². The molecule has 1 saturated carbocycles. The molecule has 1 heterocycles. The van der Waals surface area contributed by atoms with Crippen LogP contribution in [0.15, 0.2) is 24.3 Å². The van der Waals surface area contributed by atoms with Gasteiger partial charge in [-0.05, 0) is 31.0 Å². The molecule has 2 amide bonds. The molecule has 3 rings (SSSR count). The first-order valence-corrected chi connectivity index (χ1v) is 7.65. The van der Waals surface area contributed by atoms with Gasteiger partial charge in [0.1, 0.15) is 6.10 Å². The monoisotopic (exact) mass is 310 g/mol. The summed E-state index contributed by atoms with van der Waals surface area (Å²) in [6.45, 7) is 0.978. The SMILES string of the molecule is O=C(NCC1COC2(CCCC2)O1)Nc1cccc(Cl)c1. The van der Waals surface area contributed by atoms with Crippen LogP contribution in [0.4, 0.5) is 10.5 Å². The molecule has 1 unspecified atom stereocenters. The maximum absolute atomic E-state index is 11.8. The summed E-state index contributed by atoms with van der Waals surface area (Å²) in [5.74, 6) is -0.379. The first-order chi connectivity index (χ1) is 10.2. The van der Waals surface area contributed by atoms with E-state index in [1.165, 1.54) is 0 Å². The minimum atomic E-state index is -0.379. The number of benzene rings is 1. The molecule has 1 atom stereocenters. The lowest BCUT2D eigenvalue weighted by molar-refractivity contribution is -0.160. The van der Waals surface area contributed by atoms with E-state index in [1.807, 2.05) is 0 Å². The van der Waals surface area contributed by atoms with E-state index in [-0.39, 0.29) is 17.9 Å². The van der Waals surface area contributed by atoms with Gasteiger partial charge in [-0.25, -0.2) is 4.79 Å². The third kappa shape index (κ3) is 3.67. The molecule has 21 heavy (non-hydrogen) atoms. The summed E-state index contributed by atoms with van der Waals surface area (Å²) in [6.07, 6.45) is 4.13. The third-order valence-electron chi connectivity index (χ3n) is 3.85. The molecule has 1 aromatic carbocycles. The molecular formula is C15H19ClN2O3. The van der Waals surface area contributed by atoms with Crippen LogP contribution in [0.3, 0.4) is 0 Å². The molecule has 0 aromatic heterocycles. The maximum Gasteiger partial charge on any atom is 0.319 e. The number of rotatable bonds is 3. The van der Waals surface area contributed by atoms with Crippen LogP contribution in [-0.4, -0.2) is 31.1 Å². The Morgan fingerprint density at radius 3 is 2.95 bits per heavy atom. The normalized spacial score (nSPS) is 23.4. The molecule has 2 fully saturated rings. The van der Waals surface area contributed by atoms with Crippen molar-refractivity contribution in [3.63, 3.8) is 0 Å². The van der Waals surface area contributed by atoms with E-state index < -0.39 is 0 Å². The summed E-state index contributed by atoms with van der Waals surface area (Å²) < 4.78 is 11.7. The standard InChI is InChI=1S/C15H19ClN2O3/c16-11-4-3-5-12(8-11)18-14(19)17-9-13-10-20-15(21-13)6-1-2-7-15/h3-5,8,13H,1-2,6-7,9-10H2,(H2,17,18,19). The molecular weight excluding hydrogens is 292 g/mol. The Balaban J connectivity index is 1.44. The molecule has 1 spiro atoms. The minimum absolute atomic E-state index is 0.0757. The Morgan fingerprint density at radius 2 is 2.19 bits per heavy atom. The van der Waals surface area contributed by atoms with Crippen LogP contribution in [0.2, 0.25) is 5.02 Å². The van der Waals surface area contributed by atoms with Crippen molar-refractivity contribution >= 4 is 23.3 Å². The lowest BCUT2D eigenvalue weighted by Gasteiger charge is -2.22. The van der Waals surface area contributed by atoms with Crippen LogP contribution in [0, 0.1) is 0 Å². The van der Waals surface area contributed by atoms with Gasteiger partial charge < -0.3 is 20.1 Å². The highest BCUT2D eigenvalue weighted by atomic mass is 35.5.